The zero-order valence-corrected chi connectivity index (χ0v) is 16.7. The highest BCUT2D eigenvalue weighted by molar-refractivity contribution is 5.95. The maximum atomic E-state index is 12.2. The summed E-state index contributed by atoms with van der Waals surface area (Å²) in [5.41, 5.74) is 2.06. The molecule has 0 fully saturated rings. The van der Waals surface area contributed by atoms with Crippen molar-refractivity contribution in [2.45, 2.75) is 39.7 Å². The maximum Gasteiger partial charge on any atom is 0.251 e. The molecule has 2 aromatic rings. The normalized spacial score (nSPS) is 10.4. The van der Waals surface area contributed by atoms with E-state index in [1.54, 1.807) is 30.3 Å². The van der Waals surface area contributed by atoms with Gasteiger partial charge in [-0.05, 0) is 56.7 Å². The lowest BCUT2D eigenvalue weighted by Crippen LogP contribution is -2.24. The largest absolute Gasteiger partial charge is 0.491 e. The lowest BCUT2D eigenvalue weighted by molar-refractivity contribution is -0.114. The smallest absolute Gasteiger partial charge is 0.251 e. The molecule has 0 bridgehead atoms. The topological polar surface area (TPSA) is 79.5 Å². The molecule has 2 amide bonds. The molecule has 3 N–H and O–H groups in total. The molecule has 6 heteroatoms. The summed E-state index contributed by atoms with van der Waals surface area (Å²) in [4.78, 5) is 24.2. The molecule has 0 aliphatic carbocycles. The fourth-order valence-electron chi connectivity index (χ4n) is 2.53. The summed E-state index contributed by atoms with van der Waals surface area (Å²) in [6.07, 6.45) is 2.08. The van der Waals surface area contributed by atoms with E-state index in [9.17, 15) is 9.59 Å². The third-order valence-corrected chi connectivity index (χ3v) is 3.91. The Morgan fingerprint density at radius 2 is 1.79 bits per heavy atom. The molecule has 28 heavy (non-hydrogen) atoms. The van der Waals surface area contributed by atoms with Crippen molar-refractivity contribution in [1.29, 1.82) is 0 Å². The fraction of sp³-hybridized carbons (Fsp3) is 0.364. The molecule has 0 saturated heterocycles. The first-order valence-electron chi connectivity index (χ1n) is 9.66. The van der Waals surface area contributed by atoms with Crippen LogP contribution in [0.2, 0.25) is 0 Å². The second-order valence-corrected chi connectivity index (χ2v) is 6.78. The van der Waals surface area contributed by atoms with E-state index in [-0.39, 0.29) is 24.5 Å². The van der Waals surface area contributed by atoms with Crippen LogP contribution in [0.3, 0.4) is 0 Å². The number of nitrogens with one attached hydrogen (secondary N) is 3. The Balaban J connectivity index is 1.82. The van der Waals surface area contributed by atoms with E-state index >= 15 is 0 Å². The van der Waals surface area contributed by atoms with Gasteiger partial charge >= 0.3 is 0 Å². The van der Waals surface area contributed by atoms with Crippen LogP contribution in [-0.4, -0.2) is 31.0 Å². The number of carbonyl (C=O) groups excluding carboxylic acids is 2. The number of unbranched alkanes of at least 4 members (excludes halogenated alkanes) is 1. The Hall–Kier alpha value is -3.02. The third kappa shape index (κ3) is 7.31. The van der Waals surface area contributed by atoms with Gasteiger partial charge in [-0.15, -0.1) is 0 Å². The van der Waals surface area contributed by atoms with Crippen LogP contribution >= 0.6 is 0 Å². The fourth-order valence-corrected chi connectivity index (χ4v) is 2.53. The number of benzene rings is 2. The monoisotopic (exact) mass is 383 g/mol. The predicted octanol–water partition coefficient (Wildman–Crippen LogP) is 4.05. The van der Waals surface area contributed by atoms with Crippen LogP contribution in [0.5, 0.6) is 5.75 Å². The van der Waals surface area contributed by atoms with Crippen LogP contribution in [0.4, 0.5) is 11.4 Å². The molecular formula is C22H29N3O3. The highest BCUT2D eigenvalue weighted by Crippen LogP contribution is 2.18. The molecule has 0 aliphatic rings. The average Bonchev–Trinajstić information content (AvgIpc) is 2.66. The number of hydrogen-bond acceptors (Lipinski definition) is 4. The number of rotatable bonds is 10. The van der Waals surface area contributed by atoms with E-state index < -0.39 is 0 Å². The number of hydrogen-bond donors (Lipinski definition) is 3. The summed E-state index contributed by atoms with van der Waals surface area (Å²) in [5, 5.41) is 8.77. The van der Waals surface area contributed by atoms with Crippen LogP contribution < -0.4 is 20.7 Å². The van der Waals surface area contributed by atoms with Gasteiger partial charge in [0.2, 0.25) is 5.91 Å². The van der Waals surface area contributed by atoms with Crippen LogP contribution in [-0.2, 0) is 4.79 Å². The molecular weight excluding hydrogens is 354 g/mol. The summed E-state index contributed by atoms with van der Waals surface area (Å²) in [5.74, 6) is 0.470. The van der Waals surface area contributed by atoms with Gasteiger partial charge in [0.1, 0.15) is 5.75 Å². The van der Waals surface area contributed by atoms with Crippen molar-refractivity contribution in [3.05, 3.63) is 54.1 Å². The van der Waals surface area contributed by atoms with Gasteiger partial charge < -0.3 is 20.7 Å². The van der Waals surface area contributed by atoms with Crippen molar-refractivity contribution in [2.24, 2.45) is 0 Å². The minimum atomic E-state index is -0.164. The van der Waals surface area contributed by atoms with Gasteiger partial charge in [-0.2, -0.15) is 0 Å². The standard InChI is InChI=1S/C22H29N3O3/c1-4-5-13-23-22(27)17-9-11-18(12-10-17)24-15-21(26)25-19-7-6-8-20(14-19)28-16(2)3/h6-12,14,16,24H,4-5,13,15H2,1-3H3,(H,23,27)(H,25,26). The van der Waals surface area contributed by atoms with Crippen LogP contribution in [0.15, 0.2) is 48.5 Å². The van der Waals surface area contributed by atoms with E-state index in [0.717, 1.165) is 18.5 Å². The van der Waals surface area contributed by atoms with Gasteiger partial charge in [0.25, 0.3) is 5.91 Å². The summed E-state index contributed by atoms with van der Waals surface area (Å²) in [7, 11) is 0. The highest BCUT2D eigenvalue weighted by Gasteiger charge is 2.07. The molecule has 0 heterocycles. The molecule has 0 radical (unpaired) electrons. The molecule has 150 valence electrons. The Kier molecular flexibility index (Phi) is 8.34. The highest BCUT2D eigenvalue weighted by atomic mass is 16.5. The Morgan fingerprint density at radius 3 is 2.46 bits per heavy atom. The molecule has 0 unspecified atom stereocenters. The van der Waals surface area contributed by atoms with Crippen LogP contribution in [0.25, 0.3) is 0 Å². The molecule has 2 aromatic carbocycles. The van der Waals surface area contributed by atoms with E-state index in [1.165, 1.54) is 0 Å². The van der Waals surface area contributed by atoms with Crippen LogP contribution in [0.1, 0.15) is 44.0 Å². The quantitative estimate of drug-likeness (QED) is 0.541. The van der Waals surface area contributed by atoms with Crippen molar-refractivity contribution < 1.29 is 14.3 Å². The van der Waals surface area contributed by atoms with Crippen molar-refractivity contribution in [3.8, 4) is 5.75 Å². The van der Waals surface area contributed by atoms with Gasteiger partial charge in [-0.3, -0.25) is 9.59 Å². The minimum Gasteiger partial charge on any atom is -0.491 e. The molecule has 2 rings (SSSR count). The van der Waals surface area contributed by atoms with Gasteiger partial charge in [0, 0.05) is 29.5 Å². The zero-order chi connectivity index (χ0) is 20.4. The molecule has 0 spiro atoms. The van der Waals surface area contributed by atoms with E-state index in [1.807, 2.05) is 32.0 Å². The number of anilines is 2. The molecule has 6 nitrogen and oxygen atoms in total. The lowest BCUT2D eigenvalue weighted by Gasteiger charge is -2.12. The lowest BCUT2D eigenvalue weighted by atomic mass is 10.2. The van der Waals surface area contributed by atoms with Crippen LogP contribution in [0, 0.1) is 0 Å². The summed E-state index contributed by atoms with van der Waals surface area (Å²) < 4.78 is 5.63. The Labute approximate surface area is 166 Å². The van der Waals surface area contributed by atoms with E-state index in [2.05, 4.69) is 22.9 Å². The maximum absolute atomic E-state index is 12.2. The summed E-state index contributed by atoms with van der Waals surface area (Å²) in [6.45, 7) is 6.79. The Bertz CT molecular complexity index is 773. The van der Waals surface area contributed by atoms with Gasteiger partial charge in [0.15, 0.2) is 0 Å². The second-order valence-electron chi connectivity index (χ2n) is 6.78. The molecule has 0 atom stereocenters. The number of carbonyl (C=O) groups is 2. The second kappa shape index (κ2) is 11.0. The first-order chi connectivity index (χ1) is 13.5. The van der Waals surface area contributed by atoms with Crippen molar-refractivity contribution in [3.63, 3.8) is 0 Å². The molecule has 0 aliphatic heterocycles. The van der Waals surface area contributed by atoms with Crippen molar-refractivity contribution in [1.82, 2.24) is 5.32 Å². The van der Waals surface area contributed by atoms with Crippen molar-refractivity contribution in [2.75, 3.05) is 23.7 Å². The van der Waals surface area contributed by atoms with E-state index in [0.29, 0.717) is 23.5 Å². The zero-order valence-electron chi connectivity index (χ0n) is 16.7. The SMILES string of the molecule is CCCCNC(=O)c1ccc(NCC(=O)Nc2cccc(OC(C)C)c2)cc1. The van der Waals surface area contributed by atoms with Gasteiger partial charge in [-0.1, -0.05) is 19.4 Å². The number of ether oxygens (including phenoxy) is 1. The third-order valence-electron chi connectivity index (χ3n) is 3.91. The predicted molar refractivity (Wildman–Crippen MR) is 113 cm³/mol. The summed E-state index contributed by atoms with van der Waals surface area (Å²) in [6, 6.07) is 14.4. The van der Waals surface area contributed by atoms with Gasteiger partial charge in [0.05, 0.1) is 12.6 Å². The Morgan fingerprint density at radius 1 is 1.04 bits per heavy atom. The molecule has 0 aromatic heterocycles. The molecule has 0 saturated carbocycles. The van der Waals surface area contributed by atoms with Gasteiger partial charge in [-0.25, -0.2) is 0 Å². The summed E-state index contributed by atoms with van der Waals surface area (Å²) >= 11 is 0. The average molecular weight is 383 g/mol. The van der Waals surface area contributed by atoms with Crippen molar-refractivity contribution >= 4 is 23.2 Å². The first-order valence-corrected chi connectivity index (χ1v) is 9.66. The number of amides is 2. The minimum absolute atomic E-state index is 0.0734. The van der Waals surface area contributed by atoms with E-state index in [4.69, 9.17) is 4.74 Å². The first kappa shape index (κ1) is 21.3.